The van der Waals surface area contributed by atoms with Crippen molar-refractivity contribution in [3.05, 3.63) is 60.8 Å². The van der Waals surface area contributed by atoms with Gasteiger partial charge in [0, 0.05) is 6.42 Å². The summed E-state index contributed by atoms with van der Waals surface area (Å²) in [4.78, 5) is 13.2. The molecule has 0 aromatic heterocycles. The molecule has 0 saturated carbocycles. The molecule has 0 aromatic carbocycles. The van der Waals surface area contributed by atoms with E-state index in [0.717, 1.165) is 51.4 Å². The number of rotatable bonds is 49. The number of unbranched alkanes of at least 4 members (excludes halogenated alkanes) is 25. The zero-order chi connectivity index (χ0) is 61.9. The van der Waals surface area contributed by atoms with Gasteiger partial charge in [-0.3, -0.25) is 4.79 Å². The van der Waals surface area contributed by atoms with E-state index in [1.807, 2.05) is 6.92 Å². The minimum Gasteiger partial charge on any atom is -0.394 e. The first kappa shape index (κ1) is 76.7. The molecule has 0 spiro atoms. The lowest BCUT2D eigenvalue weighted by Crippen LogP contribution is -2.66. The van der Waals surface area contributed by atoms with Crippen LogP contribution in [0.3, 0.4) is 0 Å². The van der Waals surface area contributed by atoms with Crippen LogP contribution < -0.4 is 5.32 Å². The van der Waals surface area contributed by atoms with E-state index < -0.39 is 124 Å². The summed E-state index contributed by atoms with van der Waals surface area (Å²) in [5.41, 5.74) is 0. The second-order valence-electron chi connectivity index (χ2n) is 23.6. The maximum absolute atomic E-state index is 13.2. The van der Waals surface area contributed by atoms with Crippen LogP contribution in [0.5, 0.6) is 0 Å². The second kappa shape index (κ2) is 48.4. The third-order valence-electron chi connectivity index (χ3n) is 16.3. The van der Waals surface area contributed by atoms with Crippen molar-refractivity contribution in [1.29, 1.82) is 0 Å². The van der Waals surface area contributed by atoms with Crippen molar-refractivity contribution in [2.24, 2.45) is 0 Å². The van der Waals surface area contributed by atoms with Crippen LogP contribution in [-0.4, -0.2) is 193 Å². The molecule has 3 saturated heterocycles. The molecule has 494 valence electrons. The fraction of sp³-hybridized carbons (Fsp3) is 0.833. The number of hydrogen-bond donors (Lipinski definition) is 12. The van der Waals surface area contributed by atoms with Crippen molar-refractivity contribution in [2.45, 2.75) is 324 Å². The van der Waals surface area contributed by atoms with Gasteiger partial charge in [0.1, 0.15) is 73.2 Å². The molecule has 85 heavy (non-hydrogen) atoms. The van der Waals surface area contributed by atoms with Gasteiger partial charge in [0.05, 0.1) is 38.6 Å². The van der Waals surface area contributed by atoms with Crippen molar-refractivity contribution in [1.82, 2.24) is 5.32 Å². The highest BCUT2D eigenvalue weighted by atomic mass is 16.8. The Balaban J connectivity index is 1.21. The summed E-state index contributed by atoms with van der Waals surface area (Å²) in [7, 11) is 0. The Labute approximate surface area is 509 Å². The van der Waals surface area contributed by atoms with Gasteiger partial charge in [0.15, 0.2) is 18.9 Å². The number of hydrogen-bond acceptors (Lipinski definition) is 18. The summed E-state index contributed by atoms with van der Waals surface area (Å²) in [6, 6.07) is -0.967. The number of ether oxygens (including phenoxy) is 6. The lowest BCUT2D eigenvalue weighted by atomic mass is 9.96. The number of aliphatic hydroxyl groups excluding tert-OH is 11. The molecule has 3 heterocycles. The molecule has 0 bridgehead atoms. The maximum atomic E-state index is 13.2. The van der Waals surface area contributed by atoms with E-state index in [1.165, 1.54) is 135 Å². The Morgan fingerprint density at radius 2 is 0.812 bits per heavy atom. The third-order valence-corrected chi connectivity index (χ3v) is 16.3. The molecular formula is C66H117NO18. The van der Waals surface area contributed by atoms with Crippen LogP contribution in [0.2, 0.25) is 0 Å². The fourth-order valence-corrected chi connectivity index (χ4v) is 11.0. The quantitative estimate of drug-likeness (QED) is 0.0206. The van der Waals surface area contributed by atoms with Gasteiger partial charge in [-0.2, -0.15) is 0 Å². The Hall–Kier alpha value is -2.51. The molecule has 3 aliphatic rings. The van der Waals surface area contributed by atoms with Crippen molar-refractivity contribution in [3.8, 4) is 0 Å². The van der Waals surface area contributed by atoms with E-state index >= 15 is 0 Å². The number of allylic oxidation sites excluding steroid dienone is 9. The highest BCUT2D eigenvalue weighted by Crippen LogP contribution is 2.33. The van der Waals surface area contributed by atoms with E-state index in [-0.39, 0.29) is 18.9 Å². The molecule has 19 nitrogen and oxygen atoms in total. The van der Waals surface area contributed by atoms with Crippen LogP contribution >= 0.6 is 0 Å². The molecule has 0 aromatic rings. The molecule has 1 amide bonds. The Kier molecular flexibility index (Phi) is 43.7. The molecule has 3 rings (SSSR count). The first-order valence-corrected chi connectivity index (χ1v) is 33.0. The number of carbonyl (C=O) groups excluding carboxylic acids is 1. The average molecular weight is 1210 g/mol. The summed E-state index contributed by atoms with van der Waals surface area (Å²) < 4.78 is 34.0. The number of nitrogens with one attached hydrogen (secondary N) is 1. The summed E-state index contributed by atoms with van der Waals surface area (Å²) >= 11 is 0. The first-order chi connectivity index (χ1) is 41.3. The second-order valence-corrected chi connectivity index (χ2v) is 23.6. The van der Waals surface area contributed by atoms with E-state index in [1.54, 1.807) is 12.2 Å². The van der Waals surface area contributed by atoms with E-state index in [9.17, 15) is 61.0 Å². The first-order valence-electron chi connectivity index (χ1n) is 33.0. The average Bonchev–Trinajstić information content (AvgIpc) is 3.44. The van der Waals surface area contributed by atoms with Crippen LogP contribution in [0.15, 0.2) is 60.8 Å². The van der Waals surface area contributed by atoms with Gasteiger partial charge in [0.25, 0.3) is 0 Å². The summed E-state index contributed by atoms with van der Waals surface area (Å²) in [5, 5.41) is 119. The predicted molar refractivity (Wildman–Crippen MR) is 328 cm³/mol. The molecule has 0 aliphatic carbocycles. The molecule has 17 unspecified atom stereocenters. The van der Waals surface area contributed by atoms with E-state index in [2.05, 4.69) is 60.8 Å². The minimum absolute atomic E-state index is 0.242. The lowest BCUT2D eigenvalue weighted by molar-refractivity contribution is -0.379. The van der Waals surface area contributed by atoms with Gasteiger partial charge >= 0.3 is 0 Å². The van der Waals surface area contributed by atoms with Gasteiger partial charge in [-0.1, -0.05) is 222 Å². The third kappa shape index (κ3) is 31.2. The van der Waals surface area contributed by atoms with Gasteiger partial charge in [-0.15, -0.1) is 0 Å². The van der Waals surface area contributed by atoms with E-state index in [0.29, 0.717) is 12.8 Å². The number of carbonyl (C=O) groups is 1. The van der Waals surface area contributed by atoms with Crippen LogP contribution in [-0.2, 0) is 33.2 Å². The Bertz CT molecular complexity index is 1780. The van der Waals surface area contributed by atoms with E-state index in [4.69, 9.17) is 28.4 Å². The zero-order valence-electron chi connectivity index (χ0n) is 51.8. The molecule has 12 N–H and O–H groups in total. The van der Waals surface area contributed by atoms with Gasteiger partial charge in [0.2, 0.25) is 5.91 Å². The molecular weight excluding hydrogens is 1090 g/mol. The van der Waals surface area contributed by atoms with Crippen molar-refractivity contribution < 1.29 is 89.4 Å². The van der Waals surface area contributed by atoms with Crippen LogP contribution in [0.25, 0.3) is 0 Å². The van der Waals surface area contributed by atoms with Gasteiger partial charge in [-0.05, 0) is 51.4 Å². The van der Waals surface area contributed by atoms with Crippen LogP contribution in [0.1, 0.15) is 219 Å². The molecule has 17 atom stereocenters. The Morgan fingerprint density at radius 1 is 0.435 bits per heavy atom. The van der Waals surface area contributed by atoms with Gasteiger partial charge in [-0.25, -0.2) is 0 Å². The van der Waals surface area contributed by atoms with Crippen LogP contribution in [0.4, 0.5) is 0 Å². The van der Waals surface area contributed by atoms with Crippen molar-refractivity contribution in [2.75, 3.05) is 26.4 Å². The molecule has 0 radical (unpaired) electrons. The monoisotopic (exact) mass is 1210 g/mol. The van der Waals surface area contributed by atoms with Crippen LogP contribution in [0, 0.1) is 0 Å². The molecule has 3 fully saturated rings. The molecule has 19 heteroatoms. The fourth-order valence-electron chi connectivity index (χ4n) is 11.0. The topological polar surface area (TPSA) is 307 Å². The van der Waals surface area contributed by atoms with Crippen molar-refractivity contribution in [3.63, 3.8) is 0 Å². The zero-order valence-corrected chi connectivity index (χ0v) is 51.8. The van der Waals surface area contributed by atoms with Crippen molar-refractivity contribution >= 4 is 5.91 Å². The summed E-state index contributed by atoms with van der Waals surface area (Å²) in [5.74, 6) is -0.286. The standard InChI is InChI=1S/C66H117NO18/c1-3-5-7-8-9-10-11-12-13-14-15-16-17-18-19-20-21-22-23-24-25-26-27-28-29-30-31-32-33-34-35-36-37-38-39-40-42-44-54(72)67-49(50(71)43-41-6-4-2)48-80-64-60(78)57(75)62(52(46-69)82-64)85-66-61(79)58(76)63(53(47-70)83-66)84-65-59(77)56(74)55(73)51(45-68)81-65/h5,7,9-10,12-13,15-16,41,43,49-53,55-66,68-71,73-79H,3-4,6,8,11,14,17-40,42,44-48H2,1-2H3,(H,67,72)/b7-5-,10-9-,13-12-,16-15-,43-41+. The minimum atomic E-state index is -1.98. The normalized spacial score (nSPS) is 29.4. The highest BCUT2D eigenvalue weighted by molar-refractivity contribution is 5.76. The largest absolute Gasteiger partial charge is 0.394 e. The SMILES string of the molecule is CC/C=C\C/C=C\C/C=C\C/C=C\CCCCCCCCCCCCCCCCCCCCCCCCCCC(=O)NC(COC1OC(CO)C(OC2OC(CO)C(OC3OC(CO)C(O)C(O)C3O)C(O)C2O)C(O)C1O)C(O)/C=C/CCC. The smallest absolute Gasteiger partial charge is 0.220 e. The lowest BCUT2D eigenvalue weighted by Gasteiger charge is -2.48. The maximum Gasteiger partial charge on any atom is 0.220 e. The Morgan fingerprint density at radius 3 is 1.25 bits per heavy atom. The van der Waals surface area contributed by atoms with Gasteiger partial charge < -0.3 is 89.9 Å². The predicted octanol–water partition coefficient (Wildman–Crippen LogP) is 7.60. The molecule has 3 aliphatic heterocycles. The highest BCUT2D eigenvalue weighted by Gasteiger charge is 2.53. The summed E-state index contributed by atoms with van der Waals surface area (Å²) in [6.07, 6.45) is 32.4. The number of aliphatic hydroxyl groups is 11. The summed E-state index contributed by atoms with van der Waals surface area (Å²) in [6.45, 7) is 1.37. The number of amides is 1.